The van der Waals surface area contributed by atoms with Gasteiger partial charge in [-0.05, 0) is 45.8 Å². The molecule has 2 aromatic heterocycles. The van der Waals surface area contributed by atoms with Crippen LogP contribution in [0.1, 0.15) is 11.1 Å². The van der Waals surface area contributed by atoms with Crippen molar-refractivity contribution >= 4 is 27.5 Å². The zero-order valence-electron chi connectivity index (χ0n) is 10.4. The fraction of sp³-hybridized carbons (Fsp3) is 0.0714. The quantitative estimate of drug-likeness (QED) is 0.803. The summed E-state index contributed by atoms with van der Waals surface area (Å²) in [5, 5.41) is 16.2. The number of nitriles is 1. The average molecular weight is 328 g/mol. The normalized spacial score (nSPS) is 10.4. The van der Waals surface area contributed by atoms with Crippen molar-refractivity contribution in [2.24, 2.45) is 0 Å². The number of anilines is 1. The summed E-state index contributed by atoms with van der Waals surface area (Å²) in [6, 6.07) is 13.3. The van der Waals surface area contributed by atoms with E-state index in [-0.39, 0.29) is 0 Å². The summed E-state index contributed by atoms with van der Waals surface area (Å²) in [5.41, 5.74) is 2.52. The van der Waals surface area contributed by atoms with E-state index in [2.05, 4.69) is 37.4 Å². The highest BCUT2D eigenvalue weighted by atomic mass is 79.9. The number of nitrogens with zero attached hydrogens (tertiary/aromatic N) is 4. The van der Waals surface area contributed by atoms with E-state index in [4.69, 9.17) is 5.26 Å². The van der Waals surface area contributed by atoms with Crippen LogP contribution in [0.15, 0.2) is 47.1 Å². The molecule has 2 heterocycles. The predicted molar refractivity (Wildman–Crippen MR) is 79.2 cm³/mol. The van der Waals surface area contributed by atoms with E-state index in [0.717, 1.165) is 15.7 Å². The number of pyridine rings is 1. The first-order valence-electron chi connectivity index (χ1n) is 5.99. The van der Waals surface area contributed by atoms with Crippen LogP contribution < -0.4 is 5.32 Å². The standard InChI is InChI=1S/C14H10BrN5/c15-12-5-6-13-18-14(19-20(13)9-12)17-8-11-3-1-10(7-16)2-4-11/h1-6,9H,8H2,(H,17,19). The lowest BCUT2D eigenvalue weighted by Gasteiger charge is -2.01. The largest absolute Gasteiger partial charge is 0.349 e. The summed E-state index contributed by atoms with van der Waals surface area (Å²) >= 11 is 3.40. The molecule has 20 heavy (non-hydrogen) atoms. The molecule has 0 saturated heterocycles. The van der Waals surface area contributed by atoms with E-state index in [9.17, 15) is 0 Å². The minimum absolute atomic E-state index is 0.576. The van der Waals surface area contributed by atoms with Crippen molar-refractivity contribution in [1.82, 2.24) is 14.6 Å². The zero-order chi connectivity index (χ0) is 13.9. The van der Waals surface area contributed by atoms with Crippen LogP contribution in [-0.2, 0) is 6.54 Å². The third kappa shape index (κ3) is 2.63. The van der Waals surface area contributed by atoms with E-state index in [1.54, 1.807) is 16.6 Å². The third-order valence-corrected chi connectivity index (χ3v) is 3.30. The SMILES string of the molecule is N#Cc1ccc(CNc2nc3ccc(Br)cn3n2)cc1. The zero-order valence-corrected chi connectivity index (χ0v) is 12.0. The van der Waals surface area contributed by atoms with E-state index < -0.39 is 0 Å². The molecule has 0 aliphatic rings. The van der Waals surface area contributed by atoms with Gasteiger partial charge in [-0.3, -0.25) is 0 Å². The topological polar surface area (TPSA) is 66.0 Å². The monoisotopic (exact) mass is 327 g/mol. The Balaban J connectivity index is 1.74. The van der Waals surface area contributed by atoms with Gasteiger partial charge in [0.05, 0.1) is 11.6 Å². The maximum atomic E-state index is 8.75. The number of hydrogen-bond donors (Lipinski definition) is 1. The van der Waals surface area contributed by atoms with Crippen molar-refractivity contribution in [3.63, 3.8) is 0 Å². The van der Waals surface area contributed by atoms with Gasteiger partial charge in [0.2, 0.25) is 5.95 Å². The highest BCUT2D eigenvalue weighted by Crippen LogP contribution is 2.13. The Bertz CT molecular complexity index is 785. The lowest BCUT2D eigenvalue weighted by atomic mass is 10.1. The number of aromatic nitrogens is 3. The lowest BCUT2D eigenvalue weighted by molar-refractivity contribution is 0.946. The third-order valence-electron chi connectivity index (χ3n) is 2.83. The van der Waals surface area contributed by atoms with Crippen LogP contribution in [0.2, 0.25) is 0 Å². The first-order valence-corrected chi connectivity index (χ1v) is 6.79. The first kappa shape index (κ1) is 12.6. The van der Waals surface area contributed by atoms with Crippen LogP contribution in [-0.4, -0.2) is 14.6 Å². The van der Waals surface area contributed by atoms with Crippen molar-refractivity contribution in [2.75, 3.05) is 5.32 Å². The second-order valence-electron chi connectivity index (χ2n) is 4.25. The van der Waals surface area contributed by atoms with Gasteiger partial charge in [-0.25, -0.2) is 4.52 Å². The van der Waals surface area contributed by atoms with Crippen LogP contribution in [0.25, 0.3) is 5.65 Å². The van der Waals surface area contributed by atoms with Crippen LogP contribution in [0.3, 0.4) is 0 Å². The molecule has 0 radical (unpaired) electrons. The molecule has 0 bridgehead atoms. The fourth-order valence-electron chi connectivity index (χ4n) is 1.81. The summed E-state index contributed by atoms with van der Waals surface area (Å²) in [6.45, 7) is 0.615. The van der Waals surface area contributed by atoms with E-state index in [1.807, 2.05) is 30.5 Å². The van der Waals surface area contributed by atoms with E-state index in [1.165, 1.54) is 0 Å². The van der Waals surface area contributed by atoms with Gasteiger partial charge >= 0.3 is 0 Å². The molecule has 0 spiro atoms. The molecule has 1 N–H and O–H groups in total. The average Bonchev–Trinajstić information content (AvgIpc) is 2.87. The maximum Gasteiger partial charge on any atom is 0.243 e. The number of rotatable bonds is 3. The van der Waals surface area contributed by atoms with Gasteiger partial charge < -0.3 is 5.32 Å². The molecular weight excluding hydrogens is 318 g/mol. The Morgan fingerprint density at radius 1 is 1.20 bits per heavy atom. The Morgan fingerprint density at radius 3 is 2.75 bits per heavy atom. The second-order valence-corrected chi connectivity index (χ2v) is 5.16. The van der Waals surface area contributed by atoms with Gasteiger partial charge in [-0.15, -0.1) is 5.10 Å². The molecule has 0 amide bonds. The van der Waals surface area contributed by atoms with Gasteiger partial charge in [0, 0.05) is 17.2 Å². The van der Waals surface area contributed by atoms with Crippen LogP contribution >= 0.6 is 15.9 Å². The Morgan fingerprint density at radius 2 is 2.00 bits per heavy atom. The molecule has 5 nitrogen and oxygen atoms in total. The Labute approximate surface area is 124 Å². The maximum absolute atomic E-state index is 8.75. The number of fused-ring (bicyclic) bond motifs is 1. The van der Waals surface area contributed by atoms with Crippen LogP contribution in [0.4, 0.5) is 5.95 Å². The first-order chi connectivity index (χ1) is 9.74. The van der Waals surface area contributed by atoms with Crippen molar-refractivity contribution < 1.29 is 0 Å². The van der Waals surface area contributed by atoms with Gasteiger partial charge in [0.25, 0.3) is 0 Å². The fourth-order valence-corrected chi connectivity index (χ4v) is 2.14. The summed E-state index contributed by atoms with van der Waals surface area (Å²) in [6.07, 6.45) is 1.86. The molecular formula is C14H10BrN5. The molecule has 0 unspecified atom stereocenters. The molecule has 3 aromatic rings. The summed E-state index contributed by atoms with van der Waals surface area (Å²) < 4.78 is 2.67. The van der Waals surface area contributed by atoms with Gasteiger partial charge in [-0.2, -0.15) is 10.2 Å². The lowest BCUT2D eigenvalue weighted by Crippen LogP contribution is -2.01. The number of nitrogens with one attached hydrogen (secondary N) is 1. The van der Waals surface area contributed by atoms with E-state index >= 15 is 0 Å². The van der Waals surface area contributed by atoms with Crippen molar-refractivity contribution in [1.29, 1.82) is 5.26 Å². The number of hydrogen-bond acceptors (Lipinski definition) is 4. The molecule has 98 valence electrons. The Kier molecular flexibility index (Phi) is 3.35. The molecule has 1 aromatic carbocycles. The summed E-state index contributed by atoms with van der Waals surface area (Å²) in [7, 11) is 0. The molecule has 0 aliphatic heterocycles. The molecule has 0 atom stereocenters. The smallest absolute Gasteiger partial charge is 0.243 e. The van der Waals surface area contributed by atoms with Crippen molar-refractivity contribution in [2.45, 2.75) is 6.54 Å². The van der Waals surface area contributed by atoms with Gasteiger partial charge in [-0.1, -0.05) is 12.1 Å². The number of benzene rings is 1. The molecule has 0 aliphatic carbocycles. The van der Waals surface area contributed by atoms with E-state index in [0.29, 0.717) is 18.1 Å². The minimum atomic E-state index is 0.576. The summed E-state index contributed by atoms with van der Waals surface area (Å²) in [5.74, 6) is 0.576. The van der Waals surface area contributed by atoms with Crippen LogP contribution in [0, 0.1) is 11.3 Å². The second kappa shape index (κ2) is 5.31. The molecule has 0 fully saturated rings. The molecule has 6 heteroatoms. The van der Waals surface area contributed by atoms with Crippen molar-refractivity contribution in [3.8, 4) is 6.07 Å². The highest BCUT2D eigenvalue weighted by molar-refractivity contribution is 9.10. The Hall–Kier alpha value is -2.39. The highest BCUT2D eigenvalue weighted by Gasteiger charge is 2.03. The van der Waals surface area contributed by atoms with Gasteiger partial charge in [0.1, 0.15) is 0 Å². The van der Waals surface area contributed by atoms with Gasteiger partial charge in [0.15, 0.2) is 5.65 Å². The molecule has 0 saturated carbocycles. The summed E-state index contributed by atoms with van der Waals surface area (Å²) in [4.78, 5) is 4.37. The van der Waals surface area contributed by atoms with Crippen LogP contribution in [0.5, 0.6) is 0 Å². The minimum Gasteiger partial charge on any atom is -0.349 e. The predicted octanol–water partition coefficient (Wildman–Crippen LogP) is 2.98. The molecule has 3 rings (SSSR count). The van der Waals surface area contributed by atoms with Crippen molar-refractivity contribution in [3.05, 3.63) is 58.2 Å². The number of halogens is 1.